The Hall–Kier alpha value is -0.490. The minimum Gasteiger partial charge on any atom is -0.369 e. The molecule has 16 heavy (non-hydrogen) atoms. The van der Waals surface area contributed by atoms with E-state index in [4.69, 9.17) is 0 Å². The third-order valence-electron chi connectivity index (χ3n) is 2.43. The van der Waals surface area contributed by atoms with Gasteiger partial charge in [0, 0.05) is 31.1 Å². The third-order valence-corrected chi connectivity index (χ3v) is 4.10. The maximum atomic E-state index is 4.36. The number of halogens is 1. The van der Waals surface area contributed by atoms with E-state index in [1.54, 1.807) is 6.33 Å². The quantitative estimate of drug-likeness (QED) is 0.927. The minimum absolute atomic E-state index is 0.866. The molecule has 0 bridgehead atoms. The Morgan fingerprint density at radius 1 is 1.44 bits per heavy atom. The van der Waals surface area contributed by atoms with Crippen LogP contribution in [0.4, 0.5) is 11.6 Å². The molecule has 6 heteroatoms. The summed E-state index contributed by atoms with van der Waals surface area (Å²) in [5.74, 6) is 4.23. The minimum atomic E-state index is 0.866. The number of nitrogens with one attached hydrogen (secondary N) is 1. The zero-order valence-electron chi connectivity index (χ0n) is 9.24. The molecule has 1 N–H and O–H groups in total. The maximum Gasteiger partial charge on any atom is 0.148 e. The molecule has 0 saturated carbocycles. The van der Waals surface area contributed by atoms with Crippen LogP contribution in [0, 0.1) is 0 Å². The topological polar surface area (TPSA) is 41.1 Å². The summed E-state index contributed by atoms with van der Waals surface area (Å²) in [6.45, 7) is 5.05. The summed E-state index contributed by atoms with van der Waals surface area (Å²) in [6, 6.07) is 0. The second-order valence-electron chi connectivity index (χ2n) is 3.49. The molecule has 1 saturated heterocycles. The largest absolute Gasteiger partial charge is 0.369 e. The summed E-state index contributed by atoms with van der Waals surface area (Å²) in [6.07, 6.45) is 1.62. The highest BCUT2D eigenvalue weighted by Gasteiger charge is 2.17. The molecular weight excluding hydrogens is 288 g/mol. The van der Waals surface area contributed by atoms with Gasteiger partial charge in [-0.3, -0.25) is 0 Å². The van der Waals surface area contributed by atoms with Gasteiger partial charge in [-0.25, -0.2) is 9.97 Å². The molecule has 1 aromatic heterocycles. The summed E-state index contributed by atoms with van der Waals surface area (Å²) in [5, 5.41) is 3.23. The van der Waals surface area contributed by atoms with Crippen LogP contribution in [0.15, 0.2) is 10.8 Å². The van der Waals surface area contributed by atoms with Crippen molar-refractivity contribution >= 4 is 39.3 Å². The molecule has 0 spiro atoms. The number of hydrogen-bond acceptors (Lipinski definition) is 5. The van der Waals surface area contributed by atoms with E-state index in [-0.39, 0.29) is 0 Å². The molecule has 0 atom stereocenters. The first-order chi connectivity index (χ1) is 7.83. The zero-order chi connectivity index (χ0) is 11.4. The smallest absolute Gasteiger partial charge is 0.148 e. The highest BCUT2D eigenvalue weighted by Crippen LogP contribution is 2.30. The molecule has 4 nitrogen and oxygen atoms in total. The van der Waals surface area contributed by atoms with Gasteiger partial charge in [-0.05, 0) is 22.9 Å². The first kappa shape index (κ1) is 12.0. The van der Waals surface area contributed by atoms with Crippen molar-refractivity contribution in [1.82, 2.24) is 9.97 Å². The van der Waals surface area contributed by atoms with Crippen LogP contribution < -0.4 is 10.2 Å². The Bertz CT molecular complexity index is 355. The fourth-order valence-corrected chi connectivity index (χ4v) is 3.15. The lowest BCUT2D eigenvalue weighted by atomic mass is 10.4. The van der Waals surface area contributed by atoms with Crippen LogP contribution in [0.2, 0.25) is 0 Å². The summed E-state index contributed by atoms with van der Waals surface area (Å²) >= 11 is 5.58. The third kappa shape index (κ3) is 2.60. The van der Waals surface area contributed by atoms with E-state index in [2.05, 4.69) is 43.0 Å². The molecule has 1 fully saturated rings. The lowest BCUT2D eigenvalue weighted by Gasteiger charge is -2.28. The van der Waals surface area contributed by atoms with Crippen LogP contribution in [0.1, 0.15) is 6.92 Å². The Balaban J connectivity index is 2.22. The van der Waals surface area contributed by atoms with E-state index in [9.17, 15) is 0 Å². The Morgan fingerprint density at radius 2 is 2.19 bits per heavy atom. The van der Waals surface area contributed by atoms with Crippen molar-refractivity contribution in [2.45, 2.75) is 6.92 Å². The Morgan fingerprint density at radius 3 is 2.88 bits per heavy atom. The van der Waals surface area contributed by atoms with Gasteiger partial charge in [0.2, 0.25) is 0 Å². The van der Waals surface area contributed by atoms with E-state index in [0.29, 0.717) is 0 Å². The second-order valence-corrected chi connectivity index (χ2v) is 5.51. The van der Waals surface area contributed by atoms with Crippen LogP contribution in [0.5, 0.6) is 0 Å². The maximum absolute atomic E-state index is 4.36. The summed E-state index contributed by atoms with van der Waals surface area (Å²) in [7, 11) is 0. The van der Waals surface area contributed by atoms with Gasteiger partial charge in [0.05, 0.1) is 0 Å². The van der Waals surface area contributed by atoms with Crippen LogP contribution >= 0.6 is 27.7 Å². The predicted octanol–water partition coefficient (Wildman–Crippen LogP) is 2.22. The fraction of sp³-hybridized carbons (Fsp3) is 0.600. The molecule has 0 unspecified atom stereocenters. The lowest BCUT2D eigenvalue weighted by Crippen LogP contribution is -2.33. The van der Waals surface area contributed by atoms with Gasteiger partial charge in [-0.1, -0.05) is 0 Å². The normalized spacial score (nSPS) is 16.2. The molecular formula is C10H15BrN4S. The van der Waals surface area contributed by atoms with Crippen LogP contribution in [0.3, 0.4) is 0 Å². The van der Waals surface area contributed by atoms with Gasteiger partial charge in [-0.15, -0.1) is 0 Å². The van der Waals surface area contributed by atoms with Gasteiger partial charge in [0.25, 0.3) is 0 Å². The highest BCUT2D eigenvalue weighted by atomic mass is 79.9. The van der Waals surface area contributed by atoms with E-state index in [1.807, 2.05) is 11.8 Å². The summed E-state index contributed by atoms with van der Waals surface area (Å²) in [4.78, 5) is 10.9. The Kier molecular flexibility index (Phi) is 4.29. The molecule has 1 aromatic rings. The number of nitrogens with zero attached hydrogens (tertiary/aromatic N) is 3. The molecule has 0 aromatic carbocycles. The average molecular weight is 303 g/mol. The van der Waals surface area contributed by atoms with Crippen molar-refractivity contribution in [3.8, 4) is 0 Å². The molecule has 88 valence electrons. The molecule has 0 radical (unpaired) electrons. The van der Waals surface area contributed by atoms with Crippen molar-refractivity contribution in [2.24, 2.45) is 0 Å². The molecule has 2 rings (SSSR count). The SMILES string of the molecule is CCNc1ncnc(N2CCSCC2)c1Br. The highest BCUT2D eigenvalue weighted by molar-refractivity contribution is 9.10. The summed E-state index contributed by atoms with van der Waals surface area (Å²) in [5.41, 5.74) is 0. The van der Waals surface area contributed by atoms with Gasteiger partial charge in [0.1, 0.15) is 22.4 Å². The van der Waals surface area contributed by atoms with E-state index in [1.165, 1.54) is 11.5 Å². The molecule has 0 amide bonds. The first-order valence-corrected chi connectivity index (χ1v) is 7.34. The van der Waals surface area contributed by atoms with Crippen LogP contribution in [-0.2, 0) is 0 Å². The number of anilines is 2. The molecule has 0 aliphatic carbocycles. The van der Waals surface area contributed by atoms with Gasteiger partial charge >= 0.3 is 0 Å². The first-order valence-electron chi connectivity index (χ1n) is 5.40. The van der Waals surface area contributed by atoms with Gasteiger partial charge < -0.3 is 10.2 Å². The van der Waals surface area contributed by atoms with Crippen molar-refractivity contribution in [1.29, 1.82) is 0 Å². The molecule has 1 aliphatic rings. The summed E-state index contributed by atoms with van der Waals surface area (Å²) < 4.78 is 0.976. The second kappa shape index (κ2) is 5.72. The monoisotopic (exact) mass is 302 g/mol. The van der Waals surface area contributed by atoms with Crippen molar-refractivity contribution < 1.29 is 0 Å². The van der Waals surface area contributed by atoms with Crippen molar-refractivity contribution in [3.05, 3.63) is 10.8 Å². The standard InChI is InChI=1S/C10H15BrN4S/c1-2-12-9-8(11)10(14-7-13-9)15-3-5-16-6-4-15/h7H,2-6H2,1H3,(H,12,13,14). The van der Waals surface area contributed by atoms with E-state index < -0.39 is 0 Å². The number of aromatic nitrogens is 2. The molecule has 2 heterocycles. The molecule has 1 aliphatic heterocycles. The average Bonchev–Trinajstić information content (AvgIpc) is 2.33. The van der Waals surface area contributed by atoms with Gasteiger partial charge in [0.15, 0.2) is 0 Å². The van der Waals surface area contributed by atoms with E-state index >= 15 is 0 Å². The van der Waals surface area contributed by atoms with Crippen molar-refractivity contribution in [3.63, 3.8) is 0 Å². The fourth-order valence-electron chi connectivity index (χ4n) is 1.65. The number of hydrogen-bond donors (Lipinski definition) is 1. The number of thioether (sulfide) groups is 1. The van der Waals surface area contributed by atoms with Crippen LogP contribution in [-0.4, -0.2) is 41.1 Å². The predicted molar refractivity (Wildman–Crippen MR) is 73.4 cm³/mol. The zero-order valence-corrected chi connectivity index (χ0v) is 11.6. The Labute approximate surface area is 108 Å². The van der Waals surface area contributed by atoms with Gasteiger partial charge in [-0.2, -0.15) is 11.8 Å². The number of rotatable bonds is 3. The van der Waals surface area contributed by atoms with E-state index in [0.717, 1.165) is 35.7 Å². The van der Waals surface area contributed by atoms with Crippen LogP contribution in [0.25, 0.3) is 0 Å². The lowest BCUT2D eigenvalue weighted by molar-refractivity contribution is 0.831. The van der Waals surface area contributed by atoms with Crippen molar-refractivity contribution in [2.75, 3.05) is 41.4 Å².